The molecule has 2 aromatic carbocycles. The van der Waals surface area contributed by atoms with Gasteiger partial charge in [-0.15, -0.1) is 0 Å². The molecule has 0 saturated carbocycles. The fraction of sp³-hybridized carbons (Fsp3) is 0.320. The van der Waals surface area contributed by atoms with Gasteiger partial charge in [-0.25, -0.2) is 0 Å². The number of rotatable bonds is 6. The second-order valence-corrected chi connectivity index (χ2v) is 7.95. The molecule has 0 radical (unpaired) electrons. The Balaban J connectivity index is 1.26. The van der Waals surface area contributed by atoms with Crippen LogP contribution in [0.25, 0.3) is 0 Å². The zero-order chi connectivity index (χ0) is 22.5. The molecule has 166 valence electrons. The lowest BCUT2D eigenvalue weighted by Crippen LogP contribution is -2.51. The molecule has 32 heavy (non-hydrogen) atoms. The highest BCUT2D eigenvalue weighted by molar-refractivity contribution is 5.94. The molecule has 0 atom stereocenters. The highest BCUT2D eigenvalue weighted by Crippen LogP contribution is 2.19. The van der Waals surface area contributed by atoms with Crippen LogP contribution in [0.1, 0.15) is 32.9 Å². The SMILES string of the molecule is Cc1noc(C)c1COc1ccc(CC(=O)N2CCN(C(=O)c3ccccc3)CC2)cc1. The lowest BCUT2D eigenvalue weighted by molar-refractivity contribution is -0.131. The van der Waals surface area contributed by atoms with Crippen molar-refractivity contribution in [3.8, 4) is 5.75 Å². The molecule has 1 saturated heterocycles. The summed E-state index contributed by atoms with van der Waals surface area (Å²) in [4.78, 5) is 28.9. The Morgan fingerprint density at radius 3 is 2.22 bits per heavy atom. The molecule has 7 heteroatoms. The number of benzene rings is 2. The predicted octanol–water partition coefficient (Wildman–Crippen LogP) is 3.40. The number of ether oxygens (including phenoxy) is 1. The minimum absolute atomic E-state index is 0.0184. The summed E-state index contributed by atoms with van der Waals surface area (Å²) in [6, 6.07) is 16.8. The molecule has 0 unspecified atom stereocenters. The van der Waals surface area contributed by atoms with Gasteiger partial charge in [0.05, 0.1) is 17.7 Å². The fourth-order valence-corrected chi connectivity index (χ4v) is 3.78. The van der Waals surface area contributed by atoms with Crippen molar-refractivity contribution in [2.45, 2.75) is 26.9 Å². The summed E-state index contributed by atoms with van der Waals surface area (Å²) in [6.45, 7) is 6.35. The van der Waals surface area contributed by atoms with E-state index in [1.807, 2.05) is 78.2 Å². The summed E-state index contributed by atoms with van der Waals surface area (Å²) in [5.74, 6) is 1.58. The van der Waals surface area contributed by atoms with E-state index in [1.165, 1.54) is 0 Å². The maximum atomic E-state index is 12.7. The Morgan fingerprint density at radius 2 is 1.59 bits per heavy atom. The average molecular weight is 434 g/mol. The van der Waals surface area contributed by atoms with E-state index < -0.39 is 0 Å². The zero-order valence-corrected chi connectivity index (χ0v) is 18.4. The Kier molecular flexibility index (Phi) is 6.54. The van der Waals surface area contributed by atoms with Crippen LogP contribution in [0.15, 0.2) is 59.1 Å². The number of aromatic nitrogens is 1. The maximum Gasteiger partial charge on any atom is 0.253 e. The van der Waals surface area contributed by atoms with E-state index >= 15 is 0 Å². The quantitative estimate of drug-likeness (QED) is 0.596. The first-order valence-electron chi connectivity index (χ1n) is 10.8. The molecule has 0 aliphatic carbocycles. The van der Waals surface area contributed by atoms with Crippen molar-refractivity contribution in [3.05, 3.63) is 82.7 Å². The third-order valence-corrected chi connectivity index (χ3v) is 5.78. The van der Waals surface area contributed by atoms with E-state index in [9.17, 15) is 9.59 Å². The Labute approximate surface area is 187 Å². The largest absolute Gasteiger partial charge is 0.489 e. The number of aryl methyl sites for hydroxylation is 2. The van der Waals surface area contributed by atoms with Gasteiger partial charge in [0, 0.05) is 31.7 Å². The first-order chi connectivity index (χ1) is 15.5. The van der Waals surface area contributed by atoms with Crippen molar-refractivity contribution in [1.29, 1.82) is 0 Å². The molecule has 1 aliphatic heterocycles. The molecule has 1 aliphatic rings. The minimum Gasteiger partial charge on any atom is -0.489 e. The first kappa shape index (κ1) is 21.6. The number of nitrogens with zero attached hydrogens (tertiary/aromatic N) is 3. The third kappa shape index (κ3) is 4.99. The minimum atomic E-state index is 0.0184. The normalized spacial score (nSPS) is 13.8. The van der Waals surface area contributed by atoms with Crippen LogP contribution in [0.2, 0.25) is 0 Å². The lowest BCUT2D eigenvalue weighted by atomic mass is 10.1. The van der Waals surface area contributed by atoms with E-state index in [0.717, 1.165) is 28.3 Å². The summed E-state index contributed by atoms with van der Waals surface area (Å²) in [5.41, 5.74) is 3.40. The van der Waals surface area contributed by atoms with E-state index in [1.54, 1.807) is 0 Å². The van der Waals surface area contributed by atoms with E-state index in [-0.39, 0.29) is 11.8 Å². The van der Waals surface area contributed by atoms with Gasteiger partial charge >= 0.3 is 0 Å². The van der Waals surface area contributed by atoms with Crippen LogP contribution in [0.4, 0.5) is 0 Å². The predicted molar refractivity (Wildman–Crippen MR) is 119 cm³/mol. The van der Waals surface area contributed by atoms with Gasteiger partial charge in [-0.1, -0.05) is 35.5 Å². The maximum absolute atomic E-state index is 12.7. The van der Waals surface area contributed by atoms with Crippen LogP contribution in [0.3, 0.4) is 0 Å². The molecule has 0 bridgehead atoms. The monoisotopic (exact) mass is 433 g/mol. The van der Waals surface area contributed by atoms with Crippen LogP contribution < -0.4 is 4.74 Å². The molecule has 2 amide bonds. The number of piperazine rings is 1. The van der Waals surface area contributed by atoms with Crippen molar-refractivity contribution >= 4 is 11.8 Å². The molecule has 0 spiro atoms. The van der Waals surface area contributed by atoms with Gasteiger partial charge in [0.15, 0.2) is 0 Å². The molecule has 0 N–H and O–H groups in total. The van der Waals surface area contributed by atoms with Crippen LogP contribution in [0, 0.1) is 13.8 Å². The Hall–Kier alpha value is -3.61. The molecule has 3 aromatic rings. The summed E-state index contributed by atoms with van der Waals surface area (Å²) < 4.78 is 11.0. The van der Waals surface area contributed by atoms with Gasteiger partial charge in [-0.3, -0.25) is 9.59 Å². The number of amides is 2. The number of hydrogen-bond donors (Lipinski definition) is 0. The van der Waals surface area contributed by atoms with Crippen LogP contribution in [0.5, 0.6) is 5.75 Å². The van der Waals surface area contributed by atoms with Crippen LogP contribution in [-0.2, 0) is 17.8 Å². The number of carbonyl (C=O) groups excluding carboxylic acids is 2. The number of hydrogen-bond acceptors (Lipinski definition) is 5. The average Bonchev–Trinajstić information content (AvgIpc) is 3.16. The van der Waals surface area contributed by atoms with Gasteiger partial charge < -0.3 is 19.1 Å². The van der Waals surface area contributed by atoms with Crippen LogP contribution in [-0.4, -0.2) is 52.9 Å². The topological polar surface area (TPSA) is 75.9 Å². The standard InChI is InChI=1S/C25H27N3O4/c1-18-23(19(2)32-26-18)17-31-22-10-8-20(9-11-22)16-24(29)27-12-14-28(15-13-27)25(30)21-6-4-3-5-7-21/h3-11H,12-17H2,1-2H3. The molecule has 1 fully saturated rings. The summed E-state index contributed by atoms with van der Waals surface area (Å²) in [6.07, 6.45) is 0.330. The third-order valence-electron chi connectivity index (χ3n) is 5.78. The van der Waals surface area contributed by atoms with Gasteiger partial charge in [0.1, 0.15) is 18.1 Å². The first-order valence-corrected chi connectivity index (χ1v) is 10.8. The molecule has 1 aromatic heterocycles. The summed E-state index contributed by atoms with van der Waals surface area (Å²) >= 11 is 0. The summed E-state index contributed by atoms with van der Waals surface area (Å²) in [7, 11) is 0. The van der Waals surface area contributed by atoms with Crippen molar-refractivity contribution in [1.82, 2.24) is 15.0 Å². The Bertz CT molecular complexity index is 1050. The smallest absolute Gasteiger partial charge is 0.253 e. The molecule has 7 nitrogen and oxygen atoms in total. The van der Waals surface area contributed by atoms with E-state index in [2.05, 4.69) is 5.16 Å². The molecule has 4 rings (SSSR count). The molecular formula is C25H27N3O4. The Morgan fingerprint density at radius 1 is 0.938 bits per heavy atom. The lowest BCUT2D eigenvalue weighted by Gasteiger charge is -2.35. The molecular weight excluding hydrogens is 406 g/mol. The fourth-order valence-electron chi connectivity index (χ4n) is 3.78. The second-order valence-electron chi connectivity index (χ2n) is 7.95. The molecule has 2 heterocycles. The van der Waals surface area contributed by atoms with Gasteiger partial charge in [0.25, 0.3) is 5.91 Å². The van der Waals surface area contributed by atoms with Crippen molar-refractivity contribution in [3.63, 3.8) is 0 Å². The summed E-state index contributed by atoms with van der Waals surface area (Å²) in [5, 5.41) is 3.93. The van der Waals surface area contributed by atoms with Crippen molar-refractivity contribution < 1.29 is 18.8 Å². The van der Waals surface area contributed by atoms with E-state index in [0.29, 0.717) is 44.8 Å². The highest BCUT2D eigenvalue weighted by Gasteiger charge is 2.24. The van der Waals surface area contributed by atoms with Gasteiger partial charge in [-0.05, 0) is 43.7 Å². The van der Waals surface area contributed by atoms with Gasteiger partial charge in [0.2, 0.25) is 5.91 Å². The number of carbonyl (C=O) groups is 2. The van der Waals surface area contributed by atoms with Gasteiger partial charge in [-0.2, -0.15) is 0 Å². The van der Waals surface area contributed by atoms with Crippen molar-refractivity contribution in [2.24, 2.45) is 0 Å². The zero-order valence-electron chi connectivity index (χ0n) is 18.4. The van der Waals surface area contributed by atoms with Crippen molar-refractivity contribution in [2.75, 3.05) is 26.2 Å². The van der Waals surface area contributed by atoms with E-state index in [4.69, 9.17) is 9.26 Å². The second kappa shape index (κ2) is 9.68. The van der Waals surface area contributed by atoms with Crippen LogP contribution >= 0.6 is 0 Å². The highest BCUT2D eigenvalue weighted by atomic mass is 16.5.